The van der Waals surface area contributed by atoms with Crippen molar-refractivity contribution < 1.29 is 18.3 Å². The van der Waals surface area contributed by atoms with E-state index in [2.05, 4.69) is 10.6 Å². The van der Waals surface area contributed by atoms with Crippen molar-refractivity contribution in [1.29, 1.82) is 0 Å². The first-order valence-corrected chi connectivity index (χ1v) is 9.21. The number of urea groups is 1. The molecule has 122 valence electrons. The fourth-order valence-corrected chi connectivity index (χ4v) is 4.41. The molecule has 1 heterocycles. The topological polar surface area (TPSA) is 95.5 Å². The van der Waals surface area contributed by atoms with Gasteiger partial charge in [-0.3, -0.25) is 0 Å². The molecule has 0 radical (unpaired) electrons. The molecule has 0 spiro atoms. The molecular formula is C14H19ClN2O4S. The first kappa shape index (κ1) is 17.1. The van der Waals surface area contributed by atoms with Gasteiger partial charge in [0.05, 0.1) is 17.6 Å². The number of hydrogen-bond donors (Lipinski definition) is 3. The molecule has 0 bridgehead atoms. The predicted octanol–water partition coefficient (Wildman–Crippen LogP) is 1.11. The van der Waals surface area contributed by atoms with Crippen molar-refractivity contribution in [2.45, 2.75) is 12.5 Å². The van der Waals surface area contributed by atoms with Crippen LogP contribution in [0.25, 0.3) is 0 Å². The summed E-state index contributed by atoms with van der Waals surface area (Å²) in [7, 11) is -2.93. The van der Waals surface area contributed by atoms with E-state index in [-0.39, 0.29) is 24.0 Å². The van der Waals surface area contributed by atoms with Crippen molar-refractivity contribution in [3.8, 4) is 0 Å². The Hall–Kier alpha value is -1.31. The molecule has 8 heteroatoms. The summed E-state index contributed by atoms with van der Waals surface area (Å²) < 4.78 is 22.6. The molecule has 2 amide bonds. The molecule has 22 heavy (non-hydrogen) atoms. The average Bonchev–Trinajstić information content (AvgIpc) is 2.82. The summed E-state index contributed by atoms with van der Waals surface area (Å²) in [5, 5.41) is 15.7. The highest BCUT2D eigenvalue weighted by Crippen LogP contribution is 2.18. The maximum absolute atomic E-state index is 11.7. The number of nitrogens with one attached hydrogen (secondary N) is 2. The highest BCUT2D eigenvalue weighted by atomic mass is 35.5. The summed E-state index contributed by atoms with van der Waals surface area (Å²) in [6.07, 6.45) is -0.274. The zero-order valence-electron chi connectivity index (χ0n) is 12.0. The zero-order valence-corrected chi connectivity index (χ0v) is 13.5. The number of carbonyl (C=O) groups excluding carboxylic acids is 1. The molecule has 2 atom stereocenters. The van der Waals surface area contributed by atoms with Crippen LogP contribution in [0.4, 0.5) is 4.79 Å². The van der Waals surface area contributed by atoms with Gasteiger partial charge in [-0.15, -0.1) is 0 Å². The van der Waals surface area contributed by atoms with E-state index >= 15 is 0 Å². The van der Waals surface area contributed by atoms with Crippen molar-refractivity contribution in [2.24, 2.45) is 5.92 Å². The SMILES string of the molecule is O=C(NCC1CCS(=O)(=O)C1)NCC(O)c1cccc(Cl)c1. The summed E-state index contributed by atoms with van der Waals surface area (Å²) in [5.41, 5.74) is 0.620. The maximum atomic E-state index is 11.7. The van der Waals surface area contributed by atoms with Crippen LogP contribution in [0.2, 0.25) is 5.02 Å². The quantitative estimate of drug-likeness (QED) is 0.744. The predicted molar refractivity (Wildman–Crippen MR) is 84.6 cm³/mol. The lowest BCUT2D eigenvalue weighted by molar-refractivity contribution is 0.173. The van der Waals surface area contributed by atoms with Crippen molar-refractivity contribution in [2.75, 3.05) is 24.6 Å². The van der Waals surface area contributed by atoms with Gasteiger partial charge >= 0.3 is 6.03 Å². The number of aliphatic hydroxyl groups excluding tert-OH is 1. The minimum atomic E-state index is -2.93. The van der Waals surface area contributed by atoms with E-state index in [4.69, 9.17) is 11.6 Å². The molecule has 2 unspecified atom stereocenters. The molecule has 3 N–H and O–H groups in total. The van der Waals surface area contributed by atoms with Gasteiger partial charge in [0.1, 0.15) is 0 Å². The second kappa shape index (κ2) is 7.30. The van der Waals surface area contributed by atoms with Gasteiger partial charge < -0.3 is 15.7 Å². The Balaban J connectivity index is 1.71. The summed E-state index contributed by atoms with van der Waals surface area (Å²) >= 11 is 5.84. The van der Waals surface area contributed by atoms with Crippen LogP contribution >= 0.6 is 11.6 Å². The van der Waals surface area contributed by atoms with Crippen LogP contribution in [-0.4, -0.2) is 44.2 Å². The lowest BCUT2D eigenvalue weighted by Gasteiger charge is -2.14. The molecule has 0 aromatic heterocycles. The molecule has 1 aliphatic heterocycles. The van der Waals surface area contributed by atoms with E-state index in [1.807, 2.05) is 0 Å². The second-order valence-corrected chi connectivity index (χ2v) is 8.10. The zero-order chi connectivity index (χ0) is 16.2. The Kier molecular flexibility index (Phi) is 5.66. The molecule has 1 aromatic rings. The molecule has 0 saturated carbocycles. The lowest BCUT2D eigenvalue weighted by Crippen LogP contribution is -2.40. The van der Waals surface area contributed by atoms with E-state index in [0.717, 1.165) is 0 Å². The Bertz CT molecular complexity index is 635. The van der Waals surface area contributed by atoms with Gasteiger partial charge in [0.2, 0.25) is 0 Å². The van der Waals surface area contributed by atoms with Gasteiger partial charge in [0.15, 0.2) is 9.84 Å². The van der Waals surface area contributed by atoms with Crippen LogP contribution in [0, 0.1) is 5.92 Å². The van der Waals surface area contributed by atoms with Crippen LogP contribution in [0.5, 0.6) is 0 Å². The van der Waals surface area contributed by atoms with E-state index in [9.17, 15) is 18.3 Å². The summed E-state index contributed by atoms with van der Waals surface area (Å²) in [4.78, 5) is 11.7. The minimum Gasteiger partial charge on any atom is -0.387 e. The fraction of sp³-hybridized carbons (Fsp3) is 0.500. The third-order valence-corrected chi connectivity index (χ3v) is 5.64. The number of carbonyl (C=O) groups is 1. The average molecular weight is 347 g/mol. The Labute approximate surface area is 134 Å². The van der Waals surface area contributed by atoms with E-state index in [1.54, 1.807) is 24.3 Å². The van der Waals surface area contributed by atoms with Crippen LogP contribution in [0.3, 0.4) is 0 Å². The monoisotopic (exact) mass is 346 g/mol. The van der Waals surface area contributed by atoms with Gasteiger partial charge in [0, 0.05) is 18.1 Å². The minimum absolute atomic E-state index is 0.0337. The molecular weight excluding hydrogens is 328 g/mol. The van der Waals surface area contributed by atoms with Crippen molar-refractivity contribution >= 4 is 27.5 Å². The largest absolute Gasteiger partial charge is 0.387 e. The normalized spacial score (nSPS) is 21.3. The number of halogens is 1. The number of aliphatic hydroxyl groups is 1. The van der Waals surface area contributed by atoms with Crippen molar-refractivity contribution in [3.05, 3.63) is 34.9 Å². The third kappa shape index (κ3) is 5.15. The maximum Gasteiger partial charge on any atom is 0.314 e. The highest BCUT2D eigenvalue weighted by molar-refractivity contribution is 7.91. The second-order valence-electron chi connectivity index (χ2n) is 5.43. The first-order chi connectivity index (χ1) is 10.4. The van der Waals surface area contributed by atoms with Crippen LogP contribution < -0.4 is 10.6 Å². The molecule has 6 nitrogen and oxygen atoms in total. The van der Waals surface area contributed by atoms with E-state index < -0.39 is 22.0 Å². The van der Waals surface area contributed by atoms with Crippen LogP contribution in [0.1, 0.15) is 18.1 Å². The first-order valence-electron chi connectivity index (χ1n) is 7.01. The lowest BCUT2D eigenvalue weighted by atomic mass is 10.1. The van der Waals surface area contributed by atoms with Gasteiger partial charge in [0.25, 0.3) is 0 Å². The summed E-state index contributed by atoms with van der Waals surface area (Å²) in [5.74, 6) is 0.279. The molecule has 1 aliphatic rings. The van der Waals surface area contributed by atoms with Crippen molar-refractivity contribution in [1.82, 2.24) is 10.6 Å². The number of rotatable bonds is 5. The smallest absolute Gasteiger partial charge is 0.314 e. The number of amides is 2. The molecule has 0 aliphatic carbocycles. The standard InChI is InChI=1S/C14H19ClN2O4S/c15-12-3-1-2-11(6-12)13(18)8-17-14(19)16-7-10-4-5-22(20,21)9-10/h1-3,6,10,13,18H,4-5,7-9H2,(H2,16,17,19). The summed E-state index contributed by atoms with van der Waals surface area (Å²) in [6.45, 7) is 0.369. The number of hydrogen-bond acceptors (Lipinski definition) is 4. The Morgan fingerprint density at radius 3 is 2.82 bits per heavy atom. The molecule has 1 aromatic carbocycles. The highest BCUT2D eigenvalue weighted by Gasteiger charge is 2.27. The number of benzene rings is 1. The van der Waals surface area contributed by atoms with Crippen LogP contribution in [0.15, 0.2) is 24.3 Å². The van der Waals surface area contributed by atoms with E-state index in [1.165, 1.54) is 0 Å². The third-order valence-electron chi connectivity index (χ3n) is 3.57. The van der Waals surface area contributed by atoms with Gasteiger partial charge in [-0.1, -0.05) is 23.7 Å². The van der Waals surface area contributed by atoms with E-state index in [0.29, 0.717) is 23.6 Å². The van der Waals surface area contributed by atoms with Gasteiger partial charge in [-0.2, -0.15) is 0 Å². The molecule has 1 fully saturated rings. The van der Waals surface area contributed by atoms with Gasteiger partial charge in [-0.05, 0) is 30.0 Å². The van der Waals surface area contributed by atoms with Crippen LogP contribution in [-0.2, 0) is 9.84 Å². The van der Waals surface area contributed by atoms with Gasteiger partial charge in [-0.25, -0.2) is 13.2 Å². The Morgan fingerprint density at radius 1 is 1.41 bits per heavy atom. The van der Waals surface area contributed by atoms with Crippen molar-refractivity contribution in [3.63, 3.8) is 0 Å². The molecule has 1 saturated heterocycles. The molecule has 2 rings (SSSR count). The number of sulfone groups is 1. The Morgan fingerprint density at radius 2 is 2.18 bits per heavy atom. The fourth-order valence-electron chi connectivity index (χ4n) is 2.35. The summed E-state index contributed by atoms with van der Waals surface area (Å²) in [6, 6.07) is 6.36.